The van der Waals surface area contributed by atoms with Crippen molar-refractivity contribution >= 4 is 30.1 Å². The highest BCUT2D eigenvalue weighted by Crippen LogP contribution is 2.59. The van der Waals surface area contributed by atoms with E-state index in [0.29, 0.717) is 19.3 Å². The van der Waals surface area contributed by atoms with Gasteiger partial charge in [-0.15, -0.1) is 0 Å². The molecule has 5 rings (SSSR count). The topological polar surface area (TPSA) is 128 Å². The standard InChI is InChI=1S/C24H26BNO7/c1-2-14-10-18-21(19-12-20(33-24(14,19)30)13-6-8-17(27)9-7-13)23(29)26(22(18)28)16-5-3-4-15(11-16)25(31)32/h3-9,11,14,18-21,27,30-32H,2,10,12H2,1H3/t14-,18-,19-,20-,21-,24+/m0/s1. The number of carbonyl (C=O) groups excluding carboxylic acids is 2. The lowest BCUT2D eigenvalue weighted by molar-refractivity contribution is -0.269. The number of anilines is 1. The van der Waals surface area contributed by atoms with Crippen molar-refractivity contribution in [3.8, 4) is 5.75 Å². The summed E-state index contributed by atoms with van der Waals surface area (Å²) in [7, 11) is -1.72. The van der Waals surface area contributed by atoms with E-state index in [1.165, 1.54) is 12.1 Å². The molecular weight excluding hydrogens is 425 g/mol. The number of hydrogen-bond donors (Lipinski definition) is 4. The first-order valence-electron chi connectivity index (χ1n) is 11.3. The van der Waals surface area contributed by atoms with E-state index in [1.54, 1.807) is 36.4 Å². The van der Waals surface area contributed by atoms with Crippen LogP contribution in [-0.4, -0.2) is 45.0 Å². The maximum atomic E-state index is 13.6. The van der Waals surface area contributed by atoms with E-state index in [0.717, 1.165) is 10.5 Å². The van der Waals surface area contributed by atoms with Gasteiger partial charge < -0.3 is 25.0 Å². The van der Waals surface area contributed by atoms with Crippen molar-refractivity contribution in [3.63, 3.8) is 0 Å². The third-order valence-electron chi connectivity index (χ3n) is 7.55. The van der Waals surface area contributed by atoms with E-state index in [1.807, 2.05) is 6.92 Å². The summed E-state index contributed by atoms with van der Waals surface area (Å²) in [5, 5.41) is 40.3. The quantitative estimate of drug-likeness (QED) is 0.405. The van der Waals surface area contributed by atoms with Crippen LogP contribution in [0.1, 0.15) is 37.9 Å². The average molecular weight is 451 g/mol. The van der Waals surface area contributed by atoms with Crippen molar-refractivity contribution in [2.75, 3.05) is 4.90 Å². The predicted molar refractivity (Wildman–Crippen MR) is 119 cm³/mol. The molecule has 0 spiro atoms. The number of carbonyl (C=O) groups is 2. The van der Waals surface area contributed by atoms with Crippen molar-refractivity contribution in [1.29, 1.82) is 0 Å². The molecule has 33 heavy (non-hydrogen) atoms. The smallest absolute Gasteiger partial charge is 0.488 e. The summed E-state index contributed by atoms with van der Waals surface area (Å²) in [6, 6.07) is 12.7. The number of phenols is 1. The van der Waals surface area contributed by atoms with Crippen LogP contribution < -0.4 is 10.4 Å². The molecule has 3 fully saturated rings. The van der Waals surface area contributed by atoms with Crippen molar-refractivity contribution in [2.24, 2.45) is 23.7 Å². The number of fused-ring (bicyclic) bond motifs is 3. The van der Waals surface area contributed by atoms with Crippen LogP contribution in [0.15, 0.2) is 48.5 Å². The molecule has 2 amide bonds. The zero-order valence-corrected chi connectivity index (χ0v) is 18.2. The molecule has 0 radical (unpaired) electrons. The number of phenolic OH excluding ortho intramolecular Hbond substituents is 1. The molecule has 6 atom stereocenters. The Morgan fingerprint density at radius 3 is 2.48 bits per heavy atom. The molecule has 172 valence electrons. The fraction of sp³-hybridized carbons (Fsp3) is 0.417. The normalized spacial score (nSPS) is 33.2. The summed E-state index contributed by atoms with van der Waals surface area (Å²) in [5.41, 5.74) is 1.26. The molecule has 2 saturated heterocycles. The molecule has 3 aliphatic rings. The second-order valence-corrected chi connectivity index (χ2v) is 9.25. The Bertz CT molecular complexity index is 1090. The average Bonchev–Trinajstić information content (AvgIpc) is 3.27. The minimum Gasteiger partial charge on any atom is -0.508 e. The number of aromatic hydroxyl groups is 1. The van der Waals surface area contributed by atoms with Gasteiger partial charge in [0.1, 0.15) is 5.75 Å². The summed E-state index contributed by atoms with van der Waals surface area (Å²) in [4.78, 5) is 28.1. The van der Waals surface area contributed by atoms with Crippen LogP contribution in [-0.2, 0) is 14.3 Å². The minimum absolute atomic E-state index is 0.127. The highest BCUT2D eigenvalue weighted by molar-refractivity contribution is 6.58. The molecule has 0 aromatic heterocycles. The Labute approximate surface area is 191 Å². The Balaban J connectivity index is 1.51. The maximum absolute atomic E-state index is 13.6. The van der Waals surface area contributed by atoms with Gasteiger partial charge >= 0.3 is 7.12 Å². The number of hydrogen-bond acceptors (Lipinski definition) is 7. The van der Waals surface area contributed by atoms with Crippen LogP contribution in [0.2, 0.25) is 0 Å². The molecule has 2 aromatic carbocycles. The van der Waals surface area contributed by atoms with Crippen LogP contribution in [0.25, 0.3) is 0 Å². The lowest BCUT2D eigenvalue weighted by atomic mass is 9.64. The van der Waals surface area contributed by atoms with Crippen LogP contribution in [0.4, 0.5) is 5.69 Å². The van der Waals surface area contributed by atoms with E-state index in [9.17, 15) is 29.9 Å². The van der Waals surface area contributed by atoms with Gasteiger partial charge in [-0.2, -0.15) is 0 Å². The van der Waals surface area contributed by atoms with Crippen molar-refractivity contribution in [1.82, 2.24) is 0 Å². The number of imide groups is 1. The van der Waals surface area contributed by atoms with Gasteiger partial charge in [0.15, 0.2) is 5.79 Å². The van der Waals surface area contributed by atoms with Crippen LogP contribution in [0.3, 0.4) is 0 Å². The van der Waals surface area contributed by atoms with E-state index in [-0.39, 0.29) is 28.7 Å². The zero-order valence-electron chi connectivity index (χ0n) is 18.2. The number of rotatable bonds is 4. The highest BCUT2D eigenvalue weighted by atomic mass is 16.6. The van der Waals surface area contributed by atoms with E-state index in [2.05, 4.69) is 0 Å². The fourth-order valence-corrected chi connectivity index (χ4v) is 5.92. The van der Waals surface area contributed by atoms with Gasteiger partial charge in [-0.3, -0.25) is 14.5 Å². The van der Waals surface area contributed by atoms with Gasteiger partial charge in [-0.05, 0) is 54.6 Å². The first kappa shape index (κ1) is 22.1. The molecule has 0 bridgehead atoms. The summed E-state index contributed by atoms with van der Waals surface area (Å²) < 4.78 is 6.19. The van der Waals surface area contributed by atoms with Crippen molar-refractivity contribution < 1.29 is 34.6 Å². The minimum atomic E-state index is -1.72. The van der Waals surface area contributed by atoms with E-state index in [4.69, 9.17) is 4.74 Å². The highest BCUT2D eigenvalue weighted by Gasteiger charge is 2.66. The summed E-state index contributed by atoms with van der Waals surface area (Å²) in [6.07, 6.45) is 0.839. The molecule has 1 saturated carbocycles. The van der Waals surface area contributed by atoms with Crippen molar-refractivity contribution in [3.05, 3.63) is 54.1 Å². The van der Waals surface area contributed by atoms with E-state index < -0.39 is 42.7 Å². The zero-order chi connectivity index (χ0) is 23.5. The first-order chi connectivity index (χ1) is 15.7. The summed E-state index contributed by atoms with van der Waals surface area (Å²) in [5.74, 6) is -4.31. The van der Waals surface area contributed by atoms with Crippen LogP contribution >= 0.6 is 0 Å². The van der Waals surface area contributed by atoms with Gasteiger partial charge in [-0.25, -0.2) is 0 Å². The Kier molecular flexibility index (Phi) is 5.32. The first-order valence-corrected chi connectivity index (χ1v) is 11.3. The number of benzene rings is 2. The van der Waals surface area contributed by atoms with Gasteiger partial charge in [0.05, 0.1) is 23.6 Å². The summed E-state index contributed by atoms with van der Waals surface area (Å²) >= 11 is 0. The van der Waals surface area contributed by atoms with Gasteiger partial charge in [0.2, 0.25) is 11.8 Å². The molecule has 4 N–H and O–H groups in total. The maximum Gasteiger partial charge on any atom is 0.488 e. The fourth-order valence-electron chi connectivity index (χ4n) is 5.92. The lowest BCUT2D eigenvalue weighted by Crippen LogP contribution is -2.53. The Morgan fingerprint density at radius 2 is 1.82 bits per heavy atom. The molecule has 8 nitrogen and oxygen atoms in total. The number of aliphatic hydroxyl groups is 1. The molecule has 0 unspecified atom stereocenters. The van der Waals surface area contributed by atoms with Gasteiger partial charge in [0.25, 0.3) is 0 Å². The van der Waals surface area contributed by atoms with Crippen LogP contribution in [0, 0.1) is 23.7 Å². The predicted octanol–water partition coefficient (Wildman–Crippen LogP) is 1.07. The number of amides is 2. The van der Waals surface area contributed by atoms with E-state index >= 15 is 0 Å². The van der Waals surface area contributed by atoms with Crippen LogP contribution in [0.5, 0.6) is 5.75 Å². The summed E-state index contributed by atoms with van der Waals surface area (Å²) in [6.45, 7) is 1.93. The third kappa shape index (κ3) is 3.38. The van der Waals surface area contributed by atoms with Gasteiger partial charge in [0, 0.05) is 11.8 Å². The van der Waals surface area contributed by atoms with Gasteiger partial charge in [-0.1, -0.05) is 31.2 Å². The molecule has 2 heterocycles. The lowest BCUT2D eigenvalue weighted by Gasteiger charge is -2.44. The largest absolute Gasteiger partial charge is 0.508 e. The molecule has 2 aromatic rings. The molecule has 9 heteroatoms. The molecule has 1 aliphatic carbocycles. The monoisotopic (exact) mass is 451 g/mol. The second-order valence-electron chi connectivity index (χ2n) is 9.25. The number of nitrogens with zero attached hydrogens (tertiary/aromatic N) is 1. The SMILES string of the molecule is CC[C@H]1C[C@@H]2C(=O)N(c3cccc(B(O)O)c3)C(=O)[C@@H]2[C@@H]2C[C@@H](c3ccc(O)cc3)O[C@]12O. The number of ether oxygens (including phenoxy) is 1. The Hall–Kier alpha value is -2.72. The van der Waals surface area contributed by atoms with Crippen molar-refractivity contribution in [2.45, 2.75) is 38.1 Å². The molecular formula is C24H26BNO7. The third-order valence-corrected chi connectivity index (χ3v) is 7.55. The second kappa shape index (κ2) is 7.95. The Morgan fingerprint density at radius 1 is 1.09 bits per heavy atom. The molecule has 2 aliphatic heterocycles.